The molecule has 1 atom stereocenters. The van der Waals surface area contributed by atoms with Gasteiger partial charge in [0.15, 0.2) is 0 Å². The molecule has 0 bridgehead atoms. The standard InChI is InChI=1S/C16H24N2OS/c1-16(2)9-13(16)10-17-15(19)18(3)11-12-6-5-7-14(8-12)20-4/h5-8,13H,9-11H2,1-4H3,(H,17,19)/t13-/m1/s1. The number of benzene rings is 1. The molecule has 1 aromatic carbocycles. The van der Waals surface area contributed by atoms with Crippen LogP contribution in [0.15, 0.2) is 29.2 Å². The Hall–Kier alpha value is -1.16. The minimum absolute atomic E-state index is 0.0160. The molecule has 0 heterocycles. The van der Waals surface area contributed by atoms with Gasteiger partial charge in [-0.3, -0.25) is 0 Å². The average Bonchev–Trinajstić information content (AvgIpc) is 3.03. The molecule has 1 aliphatic rings. The number of hydrogen-bond acceptors (Lipinski definition) is 2. The van der Waals surface area contributed by atoms with Gasteiger partial charge in [-0.15, -0.1) is 11.8 Å². The zero-order valence-electron chi connectivity index (χ0n) is 12.8. The first-order valence-corrected chi connectivity index (χ1v) is 8.27. The zero-order valence-corrected chi connectivity index (χ0v) is 13.6. The normalized spacial score (nSPS) is 19.5. The number of nitrogens with zero attached hydrogens (tertiary/aromatic N) is 1. The largest absolute Gasteiger partial charge is 0.338 e. The third kappa shape index (κ3) is 3.92. The first kappa shape index (κ1) is 15.2. The number of rotatable bonds is 5. The fourth-order valence-corrected chi connectivity index (χ4v) is 2.87. The molecule has 1 saturated carbocycles. The summed E-state index contributed by atoms with van der Waals surface area (Å²) in [5.41, 5.74) is 1.58. The summed E-state index contributed by atoms with van der Waals surface area (Å²) >= 11 is 1.72. The first-order valence-electron chi connectivity index (χ1n) is 7.04. The Morgan fingerprint density at radius 2 is 2.20 bits per heavy atom. The molecular weight excluding hydrogens is 268 g/mol. The molecule has 0 aliphatic heterocycles. The zero-order chi connectivity index (χ0) is 14.8. The molecule has 0 aromatic heterocycles. The SMILES string of the molecule is CSc1cccc(CN(C)C(=O)NC[C@H]2CC2(C)C)c1. The second-order valence-corrected chi connectivity index (χ2v) is 7.16. The molecule has 2 rings (SSSR count). The molecular formula is C16H24N2OS. The lowest BCUT2D eigenvalue weighted by atomic mass is 10.1. The maximum absolute atomic E-state index is 12.1. The van der Waals surface area contributed by atoms with E-state index in [-0.39, 0.29) is 6.03 Å². The van der Waals surface area contributed by atoms with E-state index in [1.165, 1.54) is 16.9 Å². The molecule has 1 N–H and O–H groups in total. The maximum Gasteiger partial charge on any atom is 0.317 e. The van der Waals surface area contributed by atoms with Crippen LogP contribution in [0.5, 0.6) is 0 Å². The van der Waals surface area contributed by atoms with E-state index in [0.717, 1.165) is 6.54 Å². The minimum atomic E-state index is 0.0160. The summed E-state index contributed by atoms with van der Waals surface area (Å²) in [4.78, 5) is 15.0. The van der Waals surface area contributed by atoms with Crippen molar-refractivity contribution in [1.82, 2.24) is 10.2 Å². The van der Waals surface area contributed by atoms with Crippen molar-refractivity contribution in [1.29, 1.82) is 0 Å². The maximum atomic E-state index is 12.1. The van der Waals surface area contributed by atoms with Gasteiger partial charge >= 0.3 is 6.03 Å². The molecule has 4 heteroatoms. The van der Waals surface area contributed by atoms with Crippen LogP contribution >= 0.6 is 11.8 Å². The van der Waals surface area contributed by atoms with Crippen LogP contribution in [-0.2, 0) is 6.54 Å². The predicted molar refractivity (Wildman–Crippen MR) is 85.0 cm³/mol. The molecule has 1 aliphatic carbocycles. The van der Waals surface area contributed by atoms with Crippen molar-refractivity contribution in [2.45, 2.75) is 31.7 Å². The van der Waals surface area contributed by atoms with Crippen LogP contribution in [0.2, 0.25) is 0 Å². The van der Waals surface area contributed by atoms with Crippen molar-refractivity contribution in [2.24, 2.45) is 11.3 Å². The highest BCUT2D eigenvalue weighted by Gasteiger charge is 2.45. The molecule has 0 unspecified atom stereocenters. The smallest absolute Gasteiger partial charge is 0.317 e. The molecule has 1 aromatic rings. The molecule has 3 nitrogen and oxygen atoms in total. The van der Waals surface area contributed by atoms with E-state index >= 15 is 0 Å². The van der Waals surface area contributed by atoms with Gasteiger partial charge < -0.3 is 10.2 Å². The van der Waals surface area contributed by atoms with Gasteiger partial charge in [-0.1, -0.05) is 26.0 Å². The number of thioether (sulfide) groups is 1. The van der Waals surface area contributed by atoms with Crippen molar-refractivity contribution < 1.29 is 4.79 Å². The highest BCUT2D eigenvalue weighted by molar-refractivity contribution is 7.98. The molecule has 0 radical (unpaired) electrons. The lowest BCUT2D eigenvalue weighted by Gasteiger charge is -2.18. The summed E-state index contributed by atoms with van der Waals surface area (Å²) in [5.74, 6) is 0.639. The van der Waals surface area contributed by atoms with E-state index in [1.807, 2.05) is 13.1 Å². The van der Waals surface area contributed by atoms with Gasteiger partial charge in [-0.05, 0) is 41.7 Å². The summed E-state index contributed by atoms with van der Waals surface area (Å²) < 4.78 is 0. The van der Waals surface area contributed by atoms with E-state index in [0.29, 0.717) is 17.9 Å². The van der Waals surface area contributed by atoms with Crippen LogP contribution in [0.25, 0.3) is 0 Å². The number of hydrogen-bond donors (Lipinski definition) is 1. The molecule has 110 valence electrons. The molecule has 1 fully saturated rings. The average molecular weight is 292 g/mol. The van der Waals surface area contributed by atoms with Gasteiger partial charge in [0.05, 0.1) is 0 Å². The Morgan fingerprint density at radius 3 is 2.80 bits per heavy atom. The van der Waals surface area contributed by atoms with Crippen LogP contribution < -0.4 is 5.32 Å². The lowest BCUT2D eigenvalue weighted by Crippen LogP contribution is -2.38. The number of nitrogens with one attached hydrogen (secondary N) is 1. The van der Waals surface area contributed by atoms with E-state index in [4.69, 9.17) is 0 Å². The van der Waals surface area contributed by atoms with Gasteiger partial charge in [0.1, 0.15) is 0 Å². The van der Waals surface area contributed by atoms with E-state index in [9.17, 15) is 4.79 Å². The van der Waals surface area contributed by atoms with Gasteiger partial charge in [-0.25, -0.2) is 4.79 Å². The minimum Gasteiger partial charge on any atom is -0.338 e. The van der Waals surface area contributed by atoms with Crippen molar-refractivity contribution >= 4 is 17.8 Å². The highest BCUT2D eigenvalue weighted by atomic mass is 32.2. The fourth-order valence-electron chi connectivity index (χ4n) is 2.39. The first-order chi connectivity index (χ1) is 9.42. The van der Waals surface area contributed by atoms with E-state index in [1.54, 1.807) is 16.7 Å². The Labute approximate surface area is 126 Å². The molecule has 0 spiro atoms. The number of urea groups is 1. The Bertz CT molecular complexity index is 487. The summed E-state index contributed by atoms with van der Waals surface area (Å²) in [7, 11) is 1.85. The fraction of sp³-hybridized carbons (Fsp3) is 0.562. The van der Waals surface area contributed by atoms with Gasteiger partial charge in [0.2, 0.25) is 0 Å². The summed E-state index contributed by atoms with van der Waals surface area (Å²) in [6, 6.07) is 8.34. The summed E-state index contributed by atoms with van der Waals surface area (Å²) in [6.07, 6.45) is 3.28. The van der Waals surface area contributed by atoms with Crippen LogP contribution in [0.1, 0.15) is 25.8 Å². The van der Waals surface area contributed by atoms with Crippen LogP contribution in [0.4, 0.5) is 4.79 Å². The number of amides is 2. The lowest BCUT2D eigenvalue weighted by molar-refractivity contribution is 0.206. The Morgan fingerprint density at radius 1 is 1.50 bits per heavy atom. The molecule has 2 amide bonds. The second-order valence-electron chi connectivity index (χ2n) is 6.28. The second kappa shape index (κ2) is 6.08. The van der Waals surface area contributed by atoms with Crippen molar-refractivity contribution in [3.63, 3.8) is 0 Å². The van der Waals surface area contributed by atoms with Crippen molar-refractivity contribution in [2.75, 3.05) is 19.8 Å². The Balaban J connectivity index is 1.81. The van der Waals surface area contributed by atoms with Gasteiger partial charge in [-0.2, -0.15) is 0 Å². The van der Waals surface area contributed by atoms with Crippen LogP contribution in [-0.4, -0.2) is 30.8 Å². The monoisotopic (exact) mass is 292 g/mol. The molecule has 20 heavy (non-hydrogen) atoms. The van der Waals surface area contributed by atoms with Gasteiger partial charge in [0.25, 0.3) is 0 Å². The van der Waals surface area contributed by atoms with Gasteiger partial charge in [0, 0.05) is 25.0 Å². The van der Waals surface area contributed by atoms with E-state index < -0.39 is 0 Å². The van der Waals surface area contributed by atoms with Crippen molar-refractivity contribution in [3.05, 3.63) is 29.8 Å². The third-order valence-electron chi connectivity index (χ3n) is 4.12. The number of carbonyl (C=O) groups is 1. The summed E-state index contributed by atoms with van der Waals surface area (Å²) in [5, 5.41) is 3.03. The third-order valence-corrected chi connectivity index (χ3v) is 4.84. The van der Waals surface area contributed by atoms with Crippen LogP contribution in [0.3, 0.4) is 0 Å². The topological polar surface area (TPSA) is 32.3 Å². The Kier molecular flexibility index (Phi) is 4.63. The van der Waals surface area contributed by atoms with E-state index in [2.05, 4.69) is 43.6 Å². The highest BCUT2D eigenvalue weighted by Crippen LogP contribution is 2.50. The van der Waals surface area contributed by atoms with Crippen LogP contribution in [0, 0.1) is 11.3 Å². The predicted octanol–water partition coefficient (Wildman–Crippen LogP) is 3.60. The summed E-state index contributed by atoms with van der Waals surface area (Å²) in [6.45, 7) is 5.94. The quantitative estimate of drug-likeness (QED) is 0.841. The molecule has 0 saturated heterocycles. The van der Waals surface area contributed by atoms with Crippen molar-refractivity contribution in [3.8, 4) is 0 Å². The number of carbonyl (C=O) groups excluding carboxylic acids is 1.